The average Bonchev–Trinajstić information content (AvgIpc) is 3.26. The lowest BCUT2D eigenvalue weighted by atomic mass is 9.84. The smallest absolute Gasteiger partial charge is 0.244 e. The second kappa shape index (κ2) is 6.14. The summed E-state index contributed by atoms with van der Waals surface area (Å²) in [5.41, 5.74) is 1.42. The molecule has 2 saturated heterocycles. The Bertz CT molecular complexity index is 815. The monoisotopic (exact) mass is 339 g/mol. The Labute approximate surface area is 143 Å². The number of aromatic nitrogens is 2. The molecular formula is C17H17N5O3. The van der Waals surface area contributed by atoms with Crippen molar-refractivity contribution in [1.82, 2.24) is 20.2 Å². The maximum atomic E-state index is 12.5. The van der Waals surface area contributed by atoms with E-state index in [9.17, 15) is 14.4 Å². The number of nitrogens with one attached hydrogen (secondary N) is 3. The van der Waals surface area contributed by atoms with Crippen molar-refractivity contribution >= 4 is 23.3 Å². The highest BCUT2D eigenvalue weighted by Gasteiger charge is 2.48. The van der Waals surface area contributed by atoms with Gasteiger partial charge in [0.25, 0.3) is 0 Å². The highest BCUT2D eigenvalue weighted by atomic mass is 16.2. The van der Waals surface area contributed by atoms with Crippen LogP contribution in [-0.2, 0) is 14.4 Å². The molecule has 0 radical (unpaired) electrons. The molecule has 0 bridgehead atoms. The standard InChI is InChI=1S/C17H17N5O3/c23-15-12-7-19-8-13(12)21-17(25)14(15)16(24)20-10-1-3-11(4-2-10)22-6-5-18-9-22/h1-6,9,12-14,19H,7-8H2,(H,20,24)(H,21,25)/t12-,13-,14?/m0/s1. The fourth-order valence-electron chi connectivity index (χ4n) is 3.33. The van der Waals surface area contributed by atoms with Gasteiger partial charge in [0.2, 0.25) is 11.8 Å². The fraction of sp³-hybridized carbons (Fsp3) is 0.294. The van der Waals surface area contributed by atoms with Crippen molar-refractivity contribution < 1.29 is 14.4 Å². The van der Waals surface area contributed by atoms with E-state index in [-0.39, 0.29) is 17.7 Å². The molecule has 4 rings (SSSR count). The first-order chi connectivity index (χ1) is 12.1. The van der Waals surface area contributed by atoms with Crippen LogP contribution >= 0.6 is 0 Å². The third-order valence-electron chi connectivity index (χ3n) is 4.65. The maximum absolute atomic E-state index is 12.5. The van der Waals surface area contributed by atoms with Gasteiger partial charge < -0.3 is 20.5 Å². The van der Waals surface area contributed by atoms with E-state index < -0.39 is 17.7 Å². The van der Waals surface area contributed by atoms with Gasteiger partial charge in [0.15, 0.2) is 11.7 Å². The van der Waals surface area contributed by atoms with E-state index in [0.29, 0.717) is 18.8 Å². The van der Waals surface area contributed by atoms with Crippen LogP contribution in [0.2, 0.25) is 0 Å². The Morgan fingerprint density at radius 3 is 2.72 bits per heavy atom. The number of ketones is 1. The van der Waals surface area contributed by atoms with Crippen molar-refractivity contribution in [3.8, 4) is 5.69 Å². The largest absolute Gasteiger partial charge is 0.350 e. The van der Waals surface area contributed by atoms with Gasteiger partial charge in [-0.3, -0.25) is 14.4 Å². The predicted molar refractivity (Wildman–Crippen MR) is 89.0 cm³/mol. The quantitative estimate of drug-likeness (QED) is 0.667. The summed E-state index contributed by atoms with van der Waals surface area (Å²) in [5, 5.41) is 8.49. The molecule has 0 saturated carbocycles. The van der Waals surface area contributed by atoms with Crippen LogP contribution in [0.5, 0.6) is 0 Å². The second-order valence-corrected chi connectivity index (χ2v) is 6.22. The summed E-state index contributed by atoms with van der Waals surface area (Å²) in [6.07, 6.45) is 5.16. The van der Waals surface area contributed by atoms with Gasteiger partial charge in [0, 0.05) is 36.9 Å². The van der Waals surface area contributed by atoms with E-state index >= 15 is 0 Å². The van der Waals surface area contributed by atoms with Crippen LogP contribution in [0.4, 0.5) is 5.69 Å². The van der Waals surface area contributed by atoms with Crippen molar-refractivity contribution in [1.29, 1.82) is 0 Å². The van der Waals surface area contributed by atoms with Crippen LogP contribution in [0.3, 0.4) is 0 Å². The Balaban J connectivity index is 1.48. The Morgan fingerprint density at radius 1 is 1.20 bits per heavy atom. The zero-order valence-electron chi connectivity index (χ0n) is 13.3. The number of hydrogen-bond acceptors (Lipinski definition) is 5. The summed E-state index contributed by atoms with van der Waals surface area (Å²) >= 11 is 0. The van der Waals surface area contributed by atoms with E-state index in [1.807, 2.05) is 22.9 Å². The number of piperidine rings is 1. The summed E-state index contributed by atoms with van der Waals surface area (Å²) < 4.78 is 1.83. The highest BCUT2D eigenvalue weighted by Crippen LogP contribution is 2.23. The molecule has 2 aromatic rings. The van der Waals surface area contributed by atoms with Gasteiger partial charge in [-0.1, -0.05) is 0 Å². The number of benzene rings is 1. The molecular weight excluding hydrogens is 322 g/mol. The Morgan fingerprint density at radius 2 is 2.00 bits per heavy atom. The van der Waals surface area contributed by atoms with Crippen LogP contribution in [0.1, 0.15) is 0 Å². The predicted octanol–water partition coefficient (Wildman–Crippen LogP) is -0.286. The molecule has 2 aliphatic heterocycles. The van der Waals surface area contributed by atoms with Gasteiger partial charge in [-0.25, -0.2) is 4.98 Å². The van der Waals surface area contributed by atoms with Crippen LogP contribution in [0, 0.1) is 11.8 Å². The Kier molecular flexibility index (Phi) is 3.81. The molecule has 25 heavy (non-hydrogen) atoms. The van der Waals surface area contributed by atoms with Gasteiger partial charge in [0.1, 0.15) is 0 Å². The van der Waals surface area contributed by atoms with E-state index in [2.05, 4.69) is 20.9 Å². The van der Waals surface area contributed by atoms with E-state index in [1.54, 1.807) is 24.7 Å². The second-order valence-electron chi connectivity index (χ2n) is 6.22. The van der Waals surface area contributed by atoms with E-state index in [1.165, 1.54) is 0 Å². The lowest BCUT2D eigenvalue weighted by Crippen LogP contribution is -2.57. The zero-order valence-corrected chi connectivity index (χ0v) is 13.3. The molecule has 0 aliphatic carbocycles. The third kappa shape index (κ3) is 2.80. The molecule has 1 aromatic carbocycles. The van der Waals surface area contributed by atoms with Crippen molar-refractivity contribution in [2.24, 2.45) is 11.8 Å². The molecule has 2 amide bonds. The lowest BCUT2D eigenvalue weighted by molar-refractivity contribution is -0.145. The number of Topliss-reactive ketones (excluding diaryl/α,β-unsaturated/α-hetero) is 1. The molecule has 8 heteroatoms. The van der Waals surface area contributed by atoms with Gasteiger partial charge in [-0.05, 0) is 24.3 Å². The molecule has 2 aliphatic rings. The first-order valence-corrected chi connectivity index (χ1v) is 8.07. The van der Waals surface area contributed by atoms with Crippen molar-refractivity contribution in [2.75, 3.05) is 18.4 Å². The number of carbonyl (C=O) groups is 3. The molecule has 8 nitrogen and oxygen atoms in total. The molecule has 1 unspecified atom stereocenters. The molecule has 3 heterocycles. The number of fused-ring (bicyclic) bond motifs is 1. The van der Waals surface area contributed by atoms with E-state index in [4.69, 9.17) is 0 Å². The van der Waals surface area contributed by atoms with Gasteiger partial charge >= 0.3 is 0 Å². The summed E-state index contributed by atoms with van der Waals surface area (Å²) in [6, 6.07) is 6.86. The zero-order chi connectivity index (χ0) is 17.4. The van der Waals surface area contributed by atoms with Crippen molar-refractivity contribution in [3.63, 3.8) is 0 Å². The molecule has 1 aromatic heterocycles. The molecule has 128 valence electrons. The molecule has 2 fully saturated rings. The summed E-state index contributed by atoms with van der Waals surface area (Å²) in [6.45, 7) is 1.05. The number of rotatable bonds is 3. The maximum Gasteiger partial charge on any atom is 0.244 e. The number of carbonyl (C=O) groups excluding carboxylic acids is 3. The van der Waals surface area contributed by atoms with Crippen molar-refractivity contribution in [2.45, 2.75) is 6.04 Å². The topological polar surface area (TPSA) is 105 Å². The Hall–Kier alpha value is -3.00. The average molecular weight is 339 g/mol. The number of hydrogen-bond donors (Lipinski definition) is 3. The summed E-state index contributed by atoms with van der Waals surface area (Å²) in [4.78, 5) is 41.1. The minimum atomic E-state index is -1.30. The normalized spacial score (nSPS) is 25.4. The third-order valence-corrected chi connectivity index (χ3v) is 4.65. The summed E-state index contributed by atoms with van der Waals surface area (Å²) in [7, 11) is 0. The van der Waals surface area contributed by atoms with Gasteiger partial charge in [-0.2, -0.15) is 0 Å². The highest BCUT2D eigenvalue weighted by molar-refractivity contribution is 6.23. The number of imidazole rings is 1. The SMILES string of the molecule is O=C(Nc1ccc(-n2ccnc2)cc1)C1C(=O)N[C@H]2CNC[C@@H]2C1=O. The van der Waals surface area contributed by atoms with Crippen LogP contribution < -0.4 is 16.0 Å². The molecule has 3 atom stereocenters. The van der Waals surface area contributed by atoms with Crippen LogP contribution in [0.25, 0.3) is 5.69 Å². The first-order valence-electron chi connectivity index (χ1n) is 8.07. The summed E-state index contributed by atoms with van der Waals surface area (Å²) in [5.74, 6) is -3.07. The number of nitrogens with zero attached hydrogens (tertiary/aromatic N) is 2. The number of anilines is 1. The minimum absolute atomic E-state index is 0.210. The fourth-order valence-corrected chi connectivity index (χ4v) is 3.33. The minimum Gasteiger partial charge on any atom is -0.350 e. The van der Waals surface area contributed by atoms with Gasteiger partial charge in [0.05, 0.1) is 18.3 Å². The van der Waals surface area contributed by atoms with Crippen LogP contribution in [-0.4, -0.2) is 46.3 Å². The molecule has 0 spiro atoms. The number of amides is 2. The first kappa shape index (κ1) is 15.5. The molecule has 3 N–H and O–H groups in total. The van der Waals surface area contributed by atoms with Crippen LogP contribution in [0.15, 0.2) is 43.0 Å². The lowest BCUT2D eigenvalue weighted by Gasteiger charge is -2.29. The van der Waals surface area contributed by atoms with Gasteiger partial charge in [-0.15, -0.1) is 0 Å². The van der Waals surface area contributed by atoms with E-state index in [0.717, 1.165) is 5.69 Å². The van der Waals surface area contributed by atoms with Crippen molar-refractivity contribution in [3.05, 3.63) is 43.0 Å².